The van der Waals surface area contributed by atoms with Gasteiger partial charge < -0.3 is 0 Å². The Morgan fingerprint density at radius 2 is 1.38 bits per heavy atom. The number of amides is 2. The molecule has 2 aliphatic heterocycles. The largest absolute Gasteiger partial charge is 0.273 e. The minimum absolute atomic E-state index is 0.221. The quantitative estimate of drug-likeness (QED) is 0.640. The number of aryl methyl sites for hydroxylation is 1. The lowest BCUT2D eigenvalue weighted by molar-refractivity contribution is -0.126. The first-order valence-corrected chi connectivity index (χ1v) is 9.66. The lowest BCUT2D eigenvalue weighted by Crippen LogP contribution is -2.37. The van der Waals surface area contributed by atoms with Gasteiger partial charge in [-0.3, -0.25) is 14.4 Å². The summed E-state index contributed by atoms with van der Waals surface area (Å²) in [6.45, 7) is 1.90. The van der Waals surface area contributed by atoms with E-state index in [9.17, 15) is 9.59 Å². The van der Waals surface area contributed by atoms with Crippen molar-refractivity contribution in [3.8, 4) is 0 Å². The Morgan fingerprint density at radius 1 is 0.759 bits per heavy atom. The summed E-state index contributed by atoms with van der Waals surface area (Å²) in [5.74, 6) is -1.14. The number of carbonyl (C=O) groups is 2. The Balaban J connectivity index is 1.60. The predicted molar refractivity (Wildman–Crippen MR) is 110 cm³/mol. The van der Waals surface area contributed by atoms with Gasteiger partial charge in [-0.1, -0.05) is 66.7 Å². The summed E-state index contributed by atoms with van der Waals surface area (Å²) in [6.07, 6.45) is -0.840. The van der Waals surface area contributed by atoms with Crippen LogP contribution in [0.4, 0.5) is 11.4 Å². The number of hydrogen-bond acceptors (Lipinski definition) is 4. The third-order valence-corrected chi connectivity index (χ3v) is 5.62. The highest BCUT2D eigenvalue weighted by Gasteiger charge is 2.60. The maximum absolute atomic E-state index is 13.5. The minimum atomic E-state index is -0.840. The topological polar surface area (TPSA) is 49.9 Å². The molecule has 5 heteroatoms. The molecule has 3 aromatic carbocycles. The van der Waals surface area contributed by atoms with E-state index in [1.807, 2.05) is 85.8 Å². The lowest BCUT2D eigenvalue weighted by atomic mass is 9.90. The molecule has 0 radical (unpaired) electrons. The molecule has 2 amide bonds. The van der Waals surface area contributed by atoms with Crippen LogP contribution in [-0.4, -0.2) is 17.9 Å². The smallest absolute Gasteiger partial charge is 0.266 e. The van der Waals surface area contributed by atoms with Gasteiger partial charge in [0, 0.05) is 0 Å². The first kappa shape index (κ1) is 17.6. The maximum atomic E-state index is 13.5. The molecule has 0 aliphatic carbocycles. The molecule has 0 bridgehead atoms. The van der Waals surface area contributed by atoms with Crippen LogP contribution in [0.25, 0.3) is 0 Å². The number of carbonyl (C=O) groups excluding carboxylic acids is 2. The molecule has 0 aromatic heterocycles. The number of imide groups is 1. The van der Waals surface area contributed by atoms with Crippen molar-refractivity contribution in [1.29, 1.82) is 0 Å². The SMILES string of the molecule is Cc1ccccc1N1C(=O)[C@H]2[C@@H](ON(c3ccccc3)[C@H]2c2ccccc2)C1=O. The van der Waals surface area contributed by atoms with Crippen molar-refractivity contribution in [3.05, 3.63) is 96.1 Å². The third kappa shape index (κ3) is 2.74. The zero-order valence-electron chi connectivity index (χ0n) is 15.9. The van der Waals surface area contributed by atoms with Crippen molar-refractivity contribution in [2.75, 3.05) is 9.96 Å². The zero-order valence-corrected chi connectivity index (χ0v) is 15.9. The van der Waals surface area contributed by atoms with E-state index < -0.39 is 12.0 Å². The Kier molecular flexibility index (Phi) is 4.18. The van der Waals surface area contributed by atoms with Crippen LogP contribution >= 0.6 is 0 Å². The van der Waals surface area contributed by atoms with Crippen LogP contribution in [0.2, 0.25) is 0 Å². The number of rotatable bonds is 3. The van der Waals surface area contributed by atoms with Crippen LogP contribution in [0.15, 0.2) is 84.9 Å². The Morgan fingerprint density at radius 3 is 2.07 bits per heavy atom. The van der Waals surface area contributed by atoms with Gasteiger partial charge in [-0.15, -0.1) is 0 Å². The second-order valence-electron chi connectivity index (χ2n) is 7.37. The summed E-state index contributed by atoms with van der Waals surface area (Å²) in [5.41, 5.74) is 3.26. The van der Waals surface area contributed by atoms with Crippen LogP contribution in [0.5, 0.6) is 0 Å². The minimum Gasteiger partial charge on any atom is -0.273 e. The molecule has 144 valence electrons. The summed E-state index contributed by atoms with van der Waals surface area (Å²) in [5, 5.41) is 1.72. The highest BCUT2D eigenvalue weighted by Crippen LogP contribution is 2.47. The summed E-state index contributed by atoms with van der Waals surface area (Å²) >= 11 is 0. The van der Waals surface area contributed by atoms with Crippen molar-refractivity contribution >= 4 is 23.2 Å². The molecular weight excluding hydrogens is 364 g/mol. The molecule has 5 nitrogen and oxygen atoms in total. The van der Waals surface area contributed by atoms with E-state index in [0.717, 1.165) is 16.8 Å². The fourth-order valence-electron chi connectivity index (χ4n) is 4.25. The second kappa shape index (κ2) is 6.87. The van der Waals surface area contributed by atoms with E-state index in [1.54, 1.807) is 11.1 Å². The molecule has 0 spiro atoms. The standard InChI is InChI=1S/C24H20N2O3/c1-16-10-8-9-15-19(16)25-23(27)20-21(17-11-4-2-5-12-17)26(29-22(20)24(25)28)18-13-6-3-7-14-18/h2-15,20-22H,1H3/t20-,21+,22-/m1/s1. The molecule has 5 rings (SSSR count). The molecule has 2 heterocycles. The number of benzene rings is 3. The van der Waals surface area contributed by atoms with Crippen LogP contribution in [-0.2, 0) is 14.4 Å². The van der Waals surface area contributed by atoms with Crippen molar-refractivity contribution in [3.63, 3.8) is 0 Å². The Labute approximate surface area is 169 Å². The van der Waals surface area contributed by atoms with E-state index >= 15 is 0 Å². The summed E-state index contributed by atoms with van der Waals surface area (Å²) in [6, 6.07) is 26.4. The first-order valence-electron chi connectivity index (χ1n) is 9.66. The summed E-state index contributed by atoms with van der Waals surface area (Å²) in [4.78, 5) is 34.2. The fraction of sp³-hybridized carbons (Fsp3) is 0.167. The second-order valence-corrected chi connectivity index (χ2v) is 7.37. The summed E-state index contributed by atoms with van der Waals surface area (Å²) in [7, 11) is 0. The van der Waals surface area contributed by atoms with Crippen molar-refractivity contribution < 1.29 is 14.4 Å². The molecule has 2 fully saturated rings. The molecular formula is C24H20N2O3. The molecule has 2 aliphatic rings. The van der Waals surface area contributed by atoms with Crippen LogP contribution in [0.1, 0.15) is 17.2 Å². The van der Waals surface area contributed by atoms with Crippen LogP contribution < -0.4 is 9.96 Å². The van der Waals surface area contributed by atoms with Crippen molar-refractivity contribution in [2.24, 2.45) is 5.92 Å². The fourth-order valence-corrected chi connectivity index (χ4v) is 4.25. The predicted octanol–water partition coefficient (Wildman–Crippen LogP) is 4.05. The molecule has 0 unspecified atom stereocenters. The first-order chi connectivity index (χ1) is 14.2. The van der Waals surface area contributed by atoms with Gasteiger partial charge in [0.2, 0.25) is 5.91 Å². The van der Waals surface area contributed by atoms with Crippen LogP contribution in [0.3, 0.4) is 0 Å². The zero-order chi connectivity index (χ0) is 20.0. The average molecular weight is 384 g/mol. The van der Waals surface area contributed by atoms with Gasteiger partial charge in [-0.25, -0.2) is 9.96 Å². The van der Waals surface area contributed by atoms with E-state index in [-0.39, 0.29) is 17.9 Å². The van der Waals surface area contributed by atoms with E-state index in [2.05, 4.69) is 0 Å². The van der Waals surface area contributed by atoms with Gasteiger partial charge in [-0.2, -0.15) is 0 Å². The van der Waals surface area contributed by atoms with Gasteiger partial charge in [0.1, 0.15) is 5.92 Å². The van der Waals surface area contributed by atoms with E-state index in [0.29, 0.717) is 5.69 Å². The monoisotopic (exact) mass is 384 g/mol. The molecule has 2 saturated heterocycles. The van der Waals surface area contributed by atoms with E-state index in [1.165, 1.54) is 4.90 Å². The van der Waals surface area contributed by atoms with Gasteiger partial charge in [-0.05, 0) is 36.2 Å². The molecule has 3 atom stereocenters. The summed E-state index contributed by atoms with van der Waals surface area (Å²) < 4.78 is 0. The normalized spacial score (nSPS) is 23.6. The number of hydroxylamine groups is 1. The number of para-hydroxylation sites is 2. The molecule has 0 saturated carbocycles. The van der Waals surface area contributed by atoms with Gasteiger partial charge >= 0.3 is 0 Å². The molecule has 0 N–H and O–H groups in total. The Hall–Kier alpha value is -3.44. The number of hydrogen-bond donors (Lipinski definition) is 0. The molecule has 29 heavy (non-hydrogen) atoms. The van der Waals surface area contributed by atoms with Gasteiger partial charge in [0.25, 0.3) is 5.91 Å². The third-order valence-electron chi connectivity index (χ3n) is 5.62. The molecule has 3 aromatic rings. The number of nitrogens with zero attached hydrogens (tertiary/aromatic N) is 2. The maximum Gasteiger partial charge on any atom is 0.266 e. The van der Waals surface area contributed by atoms with Crippen molar-refractivity contribution in [1.82, 2.24) is 0 Å². The van der Waals surface area contributed by atoms with Gasteiger partial charge in [0.05, 0.1) is 17.4 Å². The number of fused-ring (bicyclic) bond motifs is 1. The van der Waals surface area contributed by atoms with Gasteiger partial charge in [0.15, 0.2) is 6.10 Å². The highest BCUT2D eigenvalue weighted by atomic mass is 16.7. The Bertz CT molecular complexity index is 1070. The lowest BCUT2D eigenvalue weighted by Gasteiger charge is -2.29. The van der Waals surface area contributed by atoms with Crippen molar-refractivity contribution in [2.45, 2.75) is 19.1 Å². The van der Waals surface area contributed by atoms with Crippen LogP contribution in [0, 0.1) is 12.8 Å². The van der Waals surface area contributed by atoms with E-state index in [4.69, 9.17) is 4.84 Å². The highest BCUT2D eigenvalue weighted by molar-refractivity contribution is 6.24. The average Bonchev–Trinajstić information content (AvgIpc) is 3.26. The number of anilines is 2.